The topological polar surface area (TPSA) is 4.93 Å². The zero-order valence-corrected chi connectivity index (χ0v) is 21.5. The normalized spacial score (nSPS) is 12.6. The van der Waals surface area contributed by atoms with Crippen molar-refractivity contribution in [1.29, 1.82) is 0 Å². The fraction of sp³-hybridized carbons (Fsp3) is 0.357. The van der Waals surface area contributed by atoms with Gasteiger partial charge >= 0.3 is 0 Å². The van der Waals surface area contributed by atoms with Gasteiger partial charge in [0.15, 0.2) is 0 Å². The zero-order chi connectivity index (χ0) is 21.6. The summed E-state index contributed by atoms with van der Waals surface area (Å²) in [5.41, 5.74) is 4.01. The molecule has 0 bridgehead atoms. The van der Waals surface area contributed by atoms with Crippen LogP contribution in [0.5, 0.6) is 0 Å². The van der Waals surface area contributed by atoms with E-state index in [1.165, 1.54) is 72.3 Å². The monoisotopic (exact) mass is 539 g/mol. The van der Waals surface area contributed by atoms with Crippen molar-refractivity contribution in [1.82, 2.24) is 4.57 Å². The molecular formula is C28H31Br2N. The van der Waals surface area contributed by atoms with E-state index < -0.39 is 0 Å². The second-order valence-corrected chi connectivity index (χ2v) is 10.4. The summed E-state index contributed by atoms with van der Waals surface area (Å²) in [5.74, 6) is 0. The SMILES string of the molecule is CCCCCCCCCC(c1ccccc1)n1c2cc(Br)ccc2c2ccc(Br)cc21. The van der Waals surface area contributed by atoms with Crippen molar-refractivity contribution in [2.45, 2.75) is 64.3 Å². The molecule has 0 aliphatic heterocycles. The highest BCUT2D eigenvalue weighted by molar-refractivity contribution is 9.10. The highest BCUT2D eigenvalue weighted by Gasteiger charge is 2.20. The zero-order valence-electron chi connectivity index (χ0n) is 18.3. The summed E-state index contributed by atoms with van der Waals surface area (Å²) in [6.07, 6.45) is 10.5. The lowest BCUT2D eigenvalue weighted by Gasteiger charge is -2.22. The molecule has 1 aromatic heterocycles. The highest BCUT2D eigenvalue weighted by Crippen LogP contribution is 2.38. The summed E-state index contributed by atoms with van der Waals surface area (Å²) in [5, 5.41) is 2.65. The number of hydrogen-bond acceptors (Lipinski definition) is 0. The molecule has 0 saturated heterocycles. The number of halogens is 2. The van der Waals surface area contributed by atoms with E-state index in [1.807, 2.05) is 0 Å². The molecule has 1 unspecified atom stereocenters. The molecule has 0 N–H and O–H groups in total. The number of aromatic nitrogens is 1. The predicted molar refractivity (Wildman–Crippen MR) is 142 cm³/mol. The largest absolute Gasteiger partial charge is 0.333 e. The quantitative estimate of drug-likeness (QED) is 0.176. The summed E-state index contributed by atoms with van der Waals surface area (Å²) in [6, 6.07) is 24.8. The van der Waals surface area contributed by atoms with Gasteiger partial charge in [-0.2, -0.15) is 0 Å². The standard InChI is InChI=1S/C28H31Br2N/c1-2-3-4-5-6-7-11-14-26(21-12-9-8-10-13-21)31-27-19-22(29)15-17-24(27)25-18-16-23(30)20-28(25)31/h8-10,12-13,15-20,26H,2-7,11,14H2,1H3. The van der Waals surface area contributed by atoms with Gasteiger partial charge in [-0.05, 0) is 36.2 Å². The molecule has 1 nitrogen and oxygen atoms in total. The second kappa shape index (κ2) is 10.8. The van der Waals surface area contributed by atoms with Crippen LogP contribution in [0.3, 0.4) is 0 Å². The van der Waals surface area contributed by atoms with Crippen molar-refractivity contribution in [3.05, 3.63) is 81.2 Å². The smallest absolute Gasteiger partial charge is 0.0592 e. The predicted octanol–water partition coefficient (Wildman–Crippen LogP) is 10.0. The van der Waals surface area contributed by atoms with E-state index in [2.05, 4.69) is 110 Å². The minimum Gasteiger partial charge on any atom is -0.333 e. The molecule has 1 atom stereocenters. The van der Waals surface area contributed by atoms with E-state index in [0.717, 1.165) is 15.4 Å². The van der Waals surface area contributed by atoms with Crippen LogP contribution in [0.1, 0.15) is 69.9 Å². The van der Waals surface area contributed by atoms with Gasteiger partial charge < -0.3 is 4.57 Å². The Morgan fingerprint density at radius 1 is 0.677 bits per heavy atom. The van der Waals surface area contributed by atoms with Gasteiger partial charge in [0.2, 0.25) is 0 Å². The summed E-state index contributed by atoms with van der Waals surface area (Å²) in [6.45, 7) is 2.28. The Kier molecular flexibility index (Phi) is 7.90. The molecule has 4 rings (SSSR count). The molecule has 0 aliphatic rings. The Hall–Kier alpha value is -1.58. The number of rotatable bonds is 10. The van der Waals surface area contributed by atoms with Gasteiger partial charge in [0.05, 0.1) is 17.1 Å². The first-order valence-electron chi connectivity index (χ1n) is 11.6. The Labute approximate surface area is 203 Å². The molecule has 3 aromatic carbocycles. The molecule has 31 heavy (non-hydrogen) atoms. The molecule has 0 amide bonds. The highest BCUT2D eigenvalue weighted by atomic mass is 79.9. The van der Waals surface area contributed by atoms with Gasteiger partial charge in [-0.15, -0.1) is 0 Å². The van der Waals surface area contributed by atoms with Crippen LogP contribution < -0.4 is 0 Å². The van der Waals surface area contributed by atoms with E-state index in [-0.39, 0.29) is 0 Å². The first kappa shape index (κ1) is 22.6. The van der Waals surface area contributed by atoms with Crippen molar-refractivity contribution in [2.24, 2.45) is 0 Å². The number of hydrogen-bond donors (Lipinski definition) is 0. The van der Waals surface area contributed by atoms with E-state index in [9.17, 15) is 0 Å². The van der Waals surface area contributed by atoms with Gasteiger partial charge in [0.1, 0.15) is 0 Å². The average Bonchev–Trinajstić information content (AvgIpc) is 3.08. The Morgan fingerprint density at radius 2 is 1.23 bits per heavy atom. The van der Waals surface area contributed by atoms with E-state index in [4.69, 9.17) is 0 Å². The number of nitrogens with zero attached hydrogens (tertiary/aromatic N) is 1. The van der Waals surface area contributed by atoms with Gasteiger partial charge in [0, 0.05) is 19.7 Å². The van der Waals surface area contributed by atoms with Crippen molar-refractivity contribution >= 4 is 53.7 Å². The van der Waals surface area contributed by atoms with Crippen LogP contribution in [0.25, 0.3) is 21.8 Å². The third kappa shape index (κ3) is 5.26. The molecule has 3 heteroatoms. The lowest BCUT2D eigenvalue weighted by Crippen LogP contribution is -2.11. The van der Waals surface area contributed by atoms with Gasteiger partial charge in [-0.3, -0.25) is 0 Å². The first-order chi connectivity index (χ1) is 15.2. The van der Waals surface area contributed by atoms with Crippen LogP contribution in [0.2, 0.25) is 0 Å². The molecule has 0 radical (unpaired) electrons. The molecule has 1 heterocycles. The first-order valence-corrected chi connectivity index (χ1v) is 13.2. The van der Waals surface area contributed by atoms with Crippen LogP contribution in [-0.2, 0) is 0 Å². The molecular weight excluding hydrogens is 510 g/mol. The molecule has 4 aromatic rings. The van der Waals surface area contributed by atoms with E-state index in [1.54, 1.807) is 0 Å². The van der Waals surface area contributed by atoms with Gasteiger partial charge in [-0.1, -0.05) is 126 Å². The number of unbranched alkanes of at least 4 members (excludes halogenated alkanes) is 6. The maximum absolute atomic E-state index is 3.71. The van der Waals surface area contributed by atoms with Crippen molar-refractivity contribution in [2.75, 3.05) is 0 Å². The van der Waals surface area contributed by atoms with Crippen LogP contribution >= 0.6 is 31.9 Å². The third-order valence-corrected chi connectivity index (χ3v) is 7.29. The molecule has 0 saturated carbocycles. The lowest BCUT2D eigenvalue weighted by atomic mass is 9.98. The fourth-order valence-corrected chi connectivity index (χ4v) is 5.44. The Morgan fingerprint density at radius 3 is 1.81 bits per heavy atom. The summed E-state index contributed by atoms with van der Waals surface area (Å²) in [7, 11) is 0. The minimum absolute atomic E-state index is 0.334. The van der Waals surface area contributed by atoms with Crippen molar-refractivity contribution in [3.8, 4) is 0 Å². The number of benzene rings is 3. The third-order valence-electron chi connectivity index (χ3n) is 6.31. The molecule has 0 aliphatic carbocycles. The second-order valence-electron chi connectivity index (χ2n) is 8.53. The van der Waals surface area contributed by atoms with Gasteiger partial charge in [0.25, 0.3) is 0 Å². The average molecular weight is 541 g/mol. The van der Waals surface area contributed by atoms with Crippen molar-refractivity contribution in [3.63, 3.8) is 0 Å². The lowest BCUT2D eigenvalue weighted by molar-refractivity contribution is 0.507. The minimum atomic E-state index is 0.334. The van der Waals surface area contributed by atoms with Crippen LogP contribution in [-0.4, -0.2) is 4.57 Å². The molecule has 162 valence electrons. The van der Waals surface area contributed by atoms with Gasteiger partial charge in [-0.25, -0.2) is 0 Å². The Bertz CT molecular complexity index is 1070. The summed E-state index contributed by atoms with van der Waals surface area (Å²) < 4.78 is 4.84. The Balaban J connectivity index is 1.72. The van der Waals surface area contributed by atoms with E-state index in [0.29, 0.717) is 6.04 Å². The molecule has 0 spiro atoms. The van der Waals surface area contributed by atoms with Crippen LogP contribution in [0.4, 0.5) is 0 Å². The number of fused-ring (bicyclic) bond motifs is 3. The van der Waals surface area contributed by atoms with Crippen LogP contribution in [0, 0.1) is 0 Å². The van der Waals surface area contributed by atoms with Crippen LogP contribution in [0.15, 0.2) is 75.7 Å². The van der Waals surface area contributed by atoms with Crippen molar-refractivity contribution < 1.29 is 0 Å². The van der Waals surface area contributed by atoms with E-state index >= 15 is 0 Å². The maximum Gasteiger partial charge on any atom is 0.0592 e. The fourth-order valence-electron chi connectivity index (χ4n) is 4.74. The summed E-state index contributed by atoms with van der Waals surface area (Å²) in [4.78, 5) is 0. The summed E-state index contributed by atoms with van der Waals surface area (Å²) >= 11 is 7.43. The maximum atomic E-state index is 3.71. The molecule has 0 fully saturated rings.